The molecule has 1 aliphatic rings. The zero-order chi connectivity index (χ0) is 24.6. The first-order valence-corrected chi connectivity index (χ1v) is 11.8. The highest BCUT2D eigenvalue weighted by molar-refractivity contribution is 7.07. The van der Waals surface area contributed by atoms with Gasteiger partial charge in [-0.1, -0.05) is 46.7 Å². The summed E-state index contributed by atoms with van der Waals surface area (Å²) in [5.41, 5.74) is 1.29. The maximum Gasteiger partial charge on any atom is 0.338 e. The summed E-state index contributed by atoms with van der Waals surface area (Å²) in [5, 5.41) is 10.7. The average Bonchev–Trinajstić information content (AvgIpc) is 3.10. The van der Waals surface area contributed by atoms with Gasteiger partial charge in [0.25, 0.3) is 5.56 Å². The minimum atomic E-state index is -0.774. The third kappa shape index (κ3) is 4.36. The van der Waals surface area contributed by atoms with Crippen molar-refractivity contribution in [2.45, 2.75) is 19.9 Å². The van der Waals surface area contributed by atoms with E-state index in [2.05, 4.69) is 4.99 Å². The van der Waals surface area contributed by atoms with Gasteiger partial charge in [0.2, 0.25) is 0 Å². The topological polar surface area (TPSA) is 90.1 Å². The fraction of sp³-hybridized carbons (Fsp3) is 0.208. The Morgan fingerprint density at radius 3 is 2.76 bits per heavy atom. The summed E-state index contributed by atoms with van der Waals surface area (Å²) in [5.74, 6) is -0.161. The molecule has 0 radical (unpaired) electrons. The van der Waals surface area contributed by atoms with Crippen molar-refractivity contribution in [2.75, 3.05) is 13.7 Å². The van der Waals surface area contributed by atoms with Crippen LogP contribution in [0.2, 0.25) is 10.0 Å². The third-order valence-electron chi connectivity index (χ3n) is 5.27. The van der Waals surface area contributed by atoms with Crippen LogP contribution in [0.5, 0.6) is 11.5 Å². The number of allylic oxidation sites excluding steroid dienone is 1. The monoisotopic (exact) mass is 518 g/mol. The van der Waals surface area contributed by atoms with E-state index < -0.39 is 12.0 Å². The Balaban J connectivity index is 1.99. The molecule has 1 unspecified atom stereocenters. The van der Waals surface area contributed by atoms with E-state index in [0.717, 1.165) is 11.3 Å². The first-order valence-electron chi connectivity index (χ1n) is 10.3. The second-order valence-electron chi connectivity index (χ2n) is 7.40. The number of benzene rings is 2. The molecule has 0 saturated carbocycles. The Morgan fingerprint density at radius 1 is 1.29 bits per heavy atom. The van der Waals surface area contributed by atoms with Gasteiger partial charge in [-0.2, -0.15) is 0 Å². The van der Waals surface area contributed by atoms with Gasteiger partial charge in [0.05, 0.1) is 40.6 Å². The molecule has 2 heterocycles. The van der Waals surface area contributed by atoms with Crippen LogP contribution in [0.1, 0.15) is 31.0 Å². The number of aromatic nitrogens is 1. The number of esters is 1. The number of carbonyl (C=O) groups is 1. The summed E-state index contributed by atoms with van der Waals surface area (Å²) in [7, 11) is 1.54. The average molecular weight is 519 g/mol. The molecule has 0 saturated heterocycles. The molecule has 10 heteroatoms. The fourth-order valence-corrected chi connectivity index (χ4v) is 5.30. The molecule has 1 aliphatic heterocycles. The standard InChI is InChI=1S/C24H20Cl2N2O5S/c1-4-33-23(31)19-12(2)27-24-28(20(19)13-6-5-7-16(9-13)32-3)22(30)18(34-24)10-14-8-15(25)11-17(26)21(14)29/h5-11,20,29H,4H2,1-3H3. The van der Waals surface area contributed by atoms with Gasteiger partial charge in [-0.3, -0.25) is 9.36 Å². The SMILES string of the molecule is CCOC(=O)C1=C(C)N=c2sc(=Cc3cc(Cl)cc(Cl)c3O)c(=O)n2C1c1cccc(OC)c1. The largest absolute Gasteiger partial charge is 0.506 e. The van der Waals surface area contributed by atoms with Crippen molar-refractivity contribution in [3.8, 4) is 11.5 Å². The maximum absolute atomic E-state index is 13.6. The number of hydrogen-bond acceptors (Lipinski definition) is 7. The number of phenolic OH excluding ortho intramolecular Hbond substituents is 1. The van der Waals surface area contributed by atoms with Crippen molar-refractivity contribution in [3.05, 3.63) is 88.5 Å². The Hall–Kier alpha value is -3.07. The Morgan fingerprint density at radius 2 is 2.06 bits per heavy atom. The number of ether oxygens (including phenoxy) is 2. The number of methoxy groups -OCH3 is 1. The van der Waals surface area contributed by atoms with E-state index in [9.17, 15) is 14.7 Å². The number of halogens is 2. The lowest BCUT2D eigenvalue weighted by molar-refractivity contribution is -0.139. The molecule has 3 aromatic rings. The van der Waals surface area contributed by atoms with Gasteiger partial charge in [0.1, 0.15) is 11.5 Å². The molecule has 176 valence electrons. The maximum atomic E-state index is 13.6. The van der Waals surface area contributed by atoms with E-state index in [4.69, 9.17) is 32.7 Å². The van der Waals surface area contributed by atoms with Crippen molar-refractivity contribution in [1.82, 2.24) is 4.57 Å². The molecule has 1 aromatic heterocycles. The van der Waals surface area contributed by atoms with E-state index in [0.29, 0.717) is 32.4 Å². The summed E-state index contributed by atoms with van der Waals surface area (Å²) >= 11 is 13.2. The molecule has 0 bridgehead atoms. The first-order chi connectivity index (χ1) is 16.2. The molecule has 2 aromatic carbocycles. The van der Waals surface area contributed by atoms with Crippen LogP contribution in [0, 0.1) is 0 Å². The van der Waals surface area contributed by atoms with Gasteiger partial charge >= 0.3 is 5.97 Å². The lowest BCUT2D eigenvalue weighted by Crippen LogP contribution is -2.39. The predicted octanol–water partition coefficient (Wildman–Crippen LogP) is 3.82. The highest BCUT2D eigenvalue weighted by Crippen LogP contribution is 2.33. The minimum absolute atomic E-state index is 0.0706. The van der Waals surface area contributed by atoms with E-state index in [1.165, 1.54) is 22.8 Å². The molecule has 7 nitrogen and oxygen atoms in total. The lowest BCUT2D eigenvalue weighted by atomic mass is 9.95. The zero-order valence-corrected chi connectivity index (χ0v) is 20.8. The highest BCUT2D eigenvalue weighted by atomic mass is 35.5. The van der Waals surface area contributed by atoms with E-state index in [-0.39, 0.29) is 33.0 Å². The number of thiazole rings is 1. The van der Waals surface area contributed by atoms with Gasteiger partial charge in [-0.25, -0.2) is 9.79 Å². The van der Waals surface area contributed by atoms with Crippen LogP contribution in [0.4, 0.5) is 0 Å². The molecule has 34 heavy (non-hydrogen) atoms. The second-order valence-corrected chi connectivity index (χ2v) is 9.26. The van der Waals surface area contributed by atoms with Crippen LogP contribution in [0.15, 0.2) is 57.5 Å². The predicted molar refractivity (Wildman–Crippen MR) is 132 cm³/mol. The van der Waals surface area contributed by atoms with Crippen LogP contribution < -0.4 is 19.6 Å². The molecule has 0 aliphatic carbocycles. The number of aromatic hydroxyl groups is 1. The summed E-state index contributed by atoms with van der Waals surface area (Å²) in [4.78, 5) is 31.5. The number of hydrogen-bond donors (Lipinski definition) is 1. The molecular weight excluding hydrogens is 499 g/mol. The summed E-state index contributed by atoms with van der Waals surface area (Å²) in [6.45, 7) is 3.60. The number of carbonyl (C=O) groups excluding carboxylic acids is 1. The normalized spacial score (nSPS) is 15.7. The van der Waals surface area contributed by atoms with Crippen molar-refractivity contribution in [1.29, 1.82) is 0 Å². The summed E-state index contributed by atoms with van der Waals surface area (Å²) < 4.78 is 12.4. The first kappa shape index (κ1) is 24.1. The Kier molecular flexibility index (Phi) is 6.84. The van der Waals surface area contributed by atoms with Gasteiger partial charge in [-0.15, -0.1) is 0 Å². The summed E-state index contributed by atoms with van der Waals surface area (Å²) in [6, 6.07) is 9.29. The third-order valence-corrected chi connectivity index (χ3v) is 6.76. The van der Waals surface area contributed by atoms with Crippen molar-refractivity contribution in [3.63, 3.8) is 0 Å². The van der Waals surface area contributed by atoms with E-state index in [1.54, 1.807) is 39.2 Å². The van der Waals surface area contributed by atoms with Crippen molar-refractivity contribution in [2.24, 2.45) is 4.99 Å². The molecule has 0 amide bonds. The molecule has 1 N–H and O–H groups in total. The van der Waals surface area contributed by atoms with E-state index in [1.807, 2.05) is 6.07 Å². The van der Waals surface area contributed by atoms with Crippen LogP contribution in [0.3, 0.4) is 0 Å². The Labute approximate surface area is 208 Å². The smallest absolute Gasteiger partial charge is 0.338 e. The fourth-order valence-electron chi connectivity index (χ4n) is 3.76. The quantitative estimate of drug-likeness (QED) is 0.518. The van der Waals surface area contributed by atoms with Gasteiger partial charge in [0.15, 0.2) is 4.80 Å². The Bertz CT molecular complexity index is 1510. The number of nitrogens with zero attached hydrogens (tertiary/aromatic N) is 2. The van der Waals surface area contributed by atoms with Gasteiger partial charge in [0, 0.05) is 10.6 Å². The van der Waals surface area contributed by atoms with Crippen molar-refractivity contribution < 1.29 is 19.4 Å². The molecule has 1 atom stereocenters. The van der Waals surface area contributed by atoms with Crippen molar-refractivity contribution >= 4 is 46.6 Å². The molecule has 0 spiro atoms. The van der Waals surface area contributed by atoms with Gasteiger partial charge < -0.3 is 14.6 Å². The van der Waals surface area contributed by atoms with Crippen LogP contribution in [0.25, 0.3) is 6.08 Å². The van der Waals surface area contributed by atoms with E-state index >= 15 is 0 Å². The minimum Gasteiger partial charge on any atom is -0.506 e. The number of fused-ring (bicyclic) bond motifs is 1. The highest BCUT2D eigenvalue weighted by Gasteiger charge is 2.33. The number of rotatable bonds is 5. The second kappa shape index (κ2) is 9.66. The molecule has 0 fully saturated rings. The lowest BCUT2D eigenvalue weighted by Gasteiger charge is -2.25. The molecular formula is C24H20Cl2N2O5S. The van der Waals surface area contributed by atoms with Crippen LogP contribution in [-0.4, -0.2) is 29.4 Å². The molecule has 4 rings (SSSR count). The van der Waals surface area contributed by atoms with Crippen LogP contribution in [-0.2, 0) is 9.53 Å². The number of phenols is 1. The van der Waals surface area contributed by atoms with Gasteiger partial charge in [-0.05, 0) is 49.8 Å². The van der Waals surface area contributed by atoms with Crippen LogP contribution >= 0.6 is 34.5 Å². The zero-order valence-electron chi connectivity index (χ0n) is 18.5. The summed E-state index contributed by atoms with van der Waals surface area (Å²) in [6.07, 6.45) is 1.50.